The van der Waals surface area contributed by atoms with Crippen LogP contribution in [0.25, 0.3) is 0 Å². The molecule has 0 fully saturated rings. The fourth-order valence-corrected chi connectivity index (χ4v) is 1.95. The molecule has 0 bridgehead atoms. The Bertz CT molecular complexity index is 664. The number of hydrogen-bond donors (Lipinski definition) is 2. The van der Waals surface area contributed by atoms with Crippen LogP contribution in [0.5, 0.6) is 5.75 Å². The molecule has 0 spiro atoms. The Morgan fingerprint density at radius 2 is 2.00 bits per heavy atom. The highest BCUT2D eigenvalue weighted by molar-refractivity contribution is 5.92. The van der Waals surface area contributed by atoms with Gasteiger partial charge in [-0.15, -0.1) is 0 Å². The molecule has 7 heteroatoms. The Morgan fingerprint density at radius 3 is 2.55 bits per heavy atom. The van der Waals surface area contributed by atoms with Crippen LogP contribution in [0.1, 0.15) is 29.0 Å². The Morgan fingerprint density at radius 1 is 1.32 bits per heavy atom. The summed E-state index contributed by atoms with van der Waals surface area (Å²) in [5.41, 5.74) is 1.37. The second-order valence-electron chi connectivity index (χ2n) is 4.79. The lowest BCUT2D eigenvalue weighted by Gasteiger charge is -2.15. The summed E-state index contributed by atoms with van der Waals surface area (Å²) in [5, 5.41) is 15.4. The molecule has 1 heterocycles. The van der Waals surface area contributed by atoms with Crippen molar-refractivity contribution in [2.45, 2.75) is 13.0 Å². The predicted octanol–water partition coefficient (Wildman–Crippen LogP) is 1.37. The lowest BCUT2D eigenvalue weighted by Crippen LogP contribution is -2.28. The van der Waals surface area contributed by atoms with Gasteiger partial charge in [0.2, 0.25) is 0 Å². The average Bonchev–Trinajstić information content (AvgIpc) is 2.91. The molecule has 2 aromatic rings. The topological polar surface area (TPSA) is 93.5 Å². The first-order chi connectivity index (χ1) is 10.5. The van der Waals surface area contributed by atoms with Gasteiger partial charge < -0.3 is 15.2 Å². The van der Waals surface area contributed by atoms with Crippen molar-refractivity contribution in [3.63, 3.8) is 0 Å². The zero-order valence-electron chi connectivity index (χ0n) is 12.3. The maximum atomic E-state index is 12.1. The molecule has 0 aliphatic rings. The van der Waals surface area contributed by atoms with E-state index in [0.29, 0.717) is 11.4 Å². The Hall–Kier alpha value is -2.83. The Kier molecular flexibility index (Phi) is 4.77. The van der Waals surface area contributed by atoms with Crippen LogP contribution in [-0.2, 0) is 11.8 Å². The lowest BCUT2D eigenvalue weighted by molar-refractivity contribution is -0.139. The molecule has 2 rings (SSSR count). The van der Waals surface area contributed by atoms with E-state index < -0.39 is 5.97 Å². The van der Waals surface area contributed by atoms with E-state index in [1.165, 1.54) is 4.68 Å². The van der Waals surface area contributed by atoms with Crippen molar-refractivity contribution in [1.82, 2.24) is 15.1 Å². The van der Waals surface area contributed by atoms with Gasteiger partial charge in [-0.3, -0.25) is 9.48 Å². The number of carbonyl (C=O) groups is 2. The van der Waals surface area contributed by atoms with E-state index in [0.717, 1.165) is 5.56 Å². The van der Waals surface area contributed by atoms with Crippen molar-refractivity contribution in [3.8, 4) is 5.75 Å². The molecule has 1 aromatic heterocycles. The van der Waals surface area contributed by atoms with Crippen LogP contribution in [0.15, 0.2) is 36.5 Å². The molecule has 0 aliphatic heterocycles. The number of aryl methyl sites for hydroxylation is 1. The van der Waals surface area contributed by atoms with Gasteiger partial charge in [-0.2, -0.15) is 5.10 Å². The molecule has 0 saturated carbocycles. The van der Waals surface area contributed by atoms with Crippen molar-refractivity contribution in [2.75, 3.05) is 6.61 Å². The van der Waals surface area contributed by atoms with Crippen LogP contribution >= 0.6 is 0 Å². The summed E-state index contributed by atoms with van der Waals surface area (Å²) in [6.07, 6.45) is 1.56. The monoisotopic (exact) mass is 303 g/mol. The highest BCUT2D eigenvalue weighted by Crippen LogP contribution is 2.18. The van der Waals surface area contributed by atoms with E-state index in [2.05, 4.69) is 10.4 Å². The quantitative estimate of drug-likeness (QED) is 0.840. The number of carbonyl (C=O) groups excluding carboxylic acids is 1. The number of benzene rings is 1. The van der Waals surface area contributed by atoms with Crippen LogP contribution in [0.2, 0.25) is 0 Å². The van der Waals surface area contributed by atoms with Crippen molar-refractivity contribution >= 4 is 11.9 Å². The van der Waals surface area contributed by atoms with Gasteiger partial charge in [0.15, 0.2) is 6.61 Å². The third-order valence-electron chi connectivity index (χ3n) is 3.14. The van der Waals surface area contributed by atoms with Gasteiger partial charge in [-0.1, -0.05) is 12.1 Å². The number of aromatic nitrogens is 2. The number of rotatable bonds is 6. The minimum Gasteiger partial charge on any atom is -0.482 e. The standard InChI is InChI=1S/C15H17N3O4/c1-10(17-15(21)13-7-8-16-18(13)2)11-3-5-12(6-4-11)22-9-14(19)20/h3-8,10H,9H2,1-2H3,(H,17,21)(H,19,20). The SMILES string of the molecule is CC(NC(=O)c1ccnn1C)c1ccc(OCC(=O)O)cc1. The Balaban J connectivity index is 1.98. The van der Waals surface area contributed by atoms with Crippen molar-refractivity contribution in [2.24, 2.45) is 7.05 Å². The number of nitrogens with zero attached hydrogens (tertiary/aromatic N) is 2. The maximum Gasteiger partial charge on any atom is 0.341 e. The number of carboxylic acids is 1. The van der Waals surface area contributed by atoms with Crippen LogP contribution in [0.3, 0.4) is 0 Å². The molecular formula is C15H17N3O4. The molecule has 0 aliphatic carbocycles. The van der Waals surface area contributed by atoms with Crippen LogP contribution < -0.4 is 10.1 Å². The van der Waals surface area contributed by atoms with Crippen LogP contribution in [0, 0.1) is 0 Å². The van der Waals surface area contributed by atoms with Gasteiger partial charge in [0.25, 0.3) is 5.91 Å². The first kappa shape index (κ1) is 15.6. The van der Waals surface area contributed by atoms with Crippen molar-refractivity contribution in [3.05, 3.63) is 47.8 Å². The summed E-state index contributed by atoms with van der Waals surface area (Å²) >= 11 is 0. The number of ether oxygens (including phenoxy) is 1. The molecule has 0 radical (unpaired) electrons. The number of nitrogens with one attached hydrogen (secondary N) is 1. The number of hydrogen-bond acceptors (Lipinski definition) is 4. The fourth-order valence-electron chi connectivity index (χ4n) is 1.95. The van der Waals surface area contributed by atoms with Crippen molar-refractivity contribution in [1.29, 1.82) is 0 Å². The molecule has 7 nitrogen and oxygen atoms in total. The van der Waals surface area contributed by atoms with E-state index in [-0.39, 0.29) is 18.6 Å². The number of amides is 1. The lowest BCUT2D eigenvalue weighted by atomic mass is 10.1. The summed E-state index contributed by atoms with van der Waals surface area (Å²) in [7, 11) is 1.70. The van der Waals surface area contributed by atoms with Gasteiger partial charge in [-0.05, 0) is 30.7 Å². The summed E-state index contributed by atoms with van der Waals surface area (Å²) in [6, 6.07) is 8.36. The summed E-state index contributed by atoms with van der Waals surface area (Å²) in [5.74, 6) is -0.768. The van der Waals surface area contributed by atoms with Gasteiger partial charge in [0.05, 0.1) is 6.04 Å². The van der Waals surface area contributed by atoms with E-state index in [9.17, 15) is 9.59 Å². The van der Waals surface area contributed by atoms with E-state index in [4.69, 9.17) is 9.84 Å². The number of aliphatic carboxylic acids is 1. The van der Waals surface area contributed by atoms with E-state index in [1.54, 1.807) is 43.6 Å². The summed E-state index contributed by atoms with van der Waals surface area (Å²) < 4.78 is 6.56. The highest BCUT2D eigenvalue weighted by Gasteiger charge is 2.14. The molecule has 1 aromatic carbocycles. The summed E-state index contributed by atoms with van der Waals surface area (Å²) in [4.78, 5) is 22.5. The largest absolute Gasteiger partial charge is 0.482 e. The third kappa shape index (κ3) is 3.85. The molecule has 1 atom stereocenters. The predicted molar refractivity (Wildman–Crippen MR) is 78.7 cm³/mol. The molecule has 1 unspecified atom stereocenters. The summed E-state index contributed by atoms with van der Waals surface area (Å²) in [6.45, 7) is 1.48. The second-order valence-corrected chi connectivity index (χ2v) is 4.79. The fraction of sp³-hybridized carbons (Fsp3) is 0.267. The number of carboxylic acid groups (broad SMARTS) is 1. The van der Waals surface area contributed by atoms with Gasteiger partial charge in [0.1, 0.15) is 11.4 Å². The molecule has 2 N–H and O–H groups in total. The maximum absolute atomic E-state index is 12.1. The van der Waals surface area contributed by atoms with Crippen LogP contribution in [-0.4, -0.2) is 33.4 Å². The normalized spacial score (nSPS) is 11.7. The van der Waals surface area contributed by atoms with Gasteiger partial charge in [-0.25, -0.2) is 4.79 Å². The molecule has 116 valence electrons. The van der Waals surface area contributed by atoms with Gasteiger partial charge in [0, 0.05) is 13.2 Å². The average molecular weight is 303 g/mol. The Labute approximate surface area is 127 Å². The minimum absolute atomic E-state index is 0.198. The molecular weight excluding hydrogens is 286 g/mol. The molecule has 1 amide bonds. The highest BCUT2D eigenvalue weighted by atomic mass is 16.5. The second kappa shape index (κ2) is 6.75. The van der Waals surface area contributed by atoms with Gasteiger partial charge >= 0.3 is 5.97 Å². The first-order valence-corrected chi connectivity index (χ1v) is 6.71. The smallest absolute Gasteiger partial charge is 0.341 e. The van der Waals surface area contributed by atoms with E-state index in [1.807, 2.05) is 6.92 Å². The van der Waals surface area contributed by atoms with Crippen LogP contribution in [0.4, 0.5) is 0 Å². The minimum atomic E-state index is -1.03. The molecule has 0 saturated heterocycles. The van der Waals surface area contributed by atoms with E-state index >= 15 is 0 Å². The van der Waals surface area contributed by atoms with Crippen molar-refractivity contribution < 1.29 is 19.4 Å². The third-order valence-corrected chi connectivity index (χ3v) is 3.14. The zero-order valence-corrected chi connectivity index (χ0v) is 12.3. The first-order valence-electron chi connectivity index (χ1n) is 6.71. The molecule has 22 heavy (non-hydrogen) atoms. The zero-order chi connectivity index (χ0) is 16.1.